The van der Waals surface area contributed by atoms with Crippen molar-refractivity contribution in [1.29, 1.82) is 0 Å². The van der Waals surface area contributed by atoms with Gasteiger partial charge in [-0.1, -0.05) is 36.4 Å². The zero-order valence-corrected chi connectivity index (χ0v) is 14.6. The molecule has 0 unspecified atom stereocenters. The van der Waals surface area contributed by atoms with Gasteiger partial charge in [-0.3, -0.25) is 4.79 Å². The van der Waals surface area contributed by atoms with Crippen LogP contribution in [0.1, 0.15) is 26.3 Å². The lowest BCUT2D eigenvalue weighted by molar-refractivity contribution is 0.0697. The van der Waals surface area contributed by atoms with Crippen molar-refractivity contribution in [1.82, 2.24) is 0 Å². The average molecular weight is 356 g/mol. The van der Waals surface area contributed by atoms with Crippen molar-refractivity contribution >= 4 is 33.3 Å². The largest absolute Gasteiger partial charge is 0.497 e. The first-order chi connectivity index (χ1) is 13.0. The van der Waals surface area contributed by atoms with Crippen LogP contribution in [0.5, 0.6) is 5.75 Å². The number of carbonyl (C=O) groups is 2. The number of carboxylic acids is 1. The van der Waals surface area contributed by atoms with E-state index in [1.165, 1.54) is 0 Å². The minimum absolute atomic E-state index is 0.0723. The van der Waals surface area contributed by atoms with Gasteiger partial charge in [0.2, 0.25) is 0 Å². The molecule has 4 rings (SSSR count). The first-order valence-corrected chi connectivity index (χ1v) is 8.45. The Kier molecular flexibility index (Phi) is 4.09. The Morgan fingerprint density at radius 3 is 1.63 bits per heavy atom. The molecule has 1 N–H and O–H groups in total. The van der Waals surface area contributed by atoms with E-state index in [9.17, 15) is 9.59 Å². The number of carbonyl (C=O) groups excluding carboxylic acids is 1. The predicted molar refractivity (Wildman–Crippen MR) is 105 cm³/mol. The molecule has 4 aromatic carbocycles. The van der Waals surface area contributed by atoms with Crippen molar-refractivity contribution in [3.63, 3.8) is 0 Å². The van der Waals surface area contributed by atoms with E-state index in [1.54, 1.807) is 43.5 Å². The van der Waals surface area contributed by atoms with E-state index in [4.69, 9.17) is 9.84 Å². The molecular formula is C23H16O4. The lowest BCUT2D eigenvalue weighted by Gasteiger charge is -2.07. The fourth-order valence-corrected chi connectivity index (χ4v) is 3.18. The van der Waals surface area contributed by atoms with Gasteiger partial charge in [-0.25, -0.2) is 4.79 Å². The summed E-state index contributed by atoms with van der Waals surface area (Å²) < 4.78 is 5.23. The van der Waals surface area contributed by atoms with E-state index in [0.717, 1.165) is 27.3 Å². The van der Waals surface area contributed by atoms with Crippen molar-refractivity contribution in [2.75, 3.05) is 7.11 Å². The van der Waals surface area contributed by atoms with Crippen molar-refractivity contribution in [2.24, 2.45) is 0 Å². The standard InChI is InChI=1S/C23H16O4/c1-27-21-9-8-16-11-19(6-3-17(16)13-21)22(24)18-5-2-15-12-20(23(25)26)7-4-14(15)10-18/h2-13H,1H3,(H,25,26). The lowest BCUT2D eigenvalue weighted by Crippen LogP contribution is -2.01. The van der Waals surface area contributed by atoms with Gasteiger partial charge in [0.15, 0.2) is 5.78 Å². The molecule has 0 fully saturated rings. The summed E-state index contributed by atoms with van der Waals surface area (Å²) >= 11 is 0. The average Bonchev–Trinajstić information content (AvgIpc) is 2.71. The van der Waals surface area contributed by atoms with Gasteiger partial charge >= 0.3 is 5.97 Å². The fourth-order valence-electron chi connectivity index (χ4n) is 3.18. The molecule has 0 amide bonds. The van der Waals surface area contributed by atoms with Gasteiger partial charge in [-0.15, -0.1) is 0 Å². The van der Waals surface area contributed by atoms with Crippen molar-refractivity contribution in [3.05, 3.63) is 89.5 Å². The quantitative estimate of drug-likeness (QED) is 0.527. The number of aromatic carboxylic acids is 1. The summed E-state index contributed by atoms with van der Waals surface area (Å²) in [5, 5.41) is 12.7. The molecule has 0 aliphatic heterocycles. The van der Waals surface area contributed by atoms with Crippen molar-refractivity contribution in [2.45, 2.75) is 0 Å². The van der Waals surface area contributed by atoms with E-state index in [-0.39, 0.29) is 11.3 Å². The van der Waals surface area contributed by atoms with Crippen LogP contribution in [0.25, 0.3) is 21.5 Å². The van der Waals surface area contributed by atoms with Gasteiger partial charge in [-0.05, 0) is 57.9 Å². The molecule has 0 heterocycles. The number of ether oxygens (including phenoxy) is 1. The maximum Gasteiger partial charge on any atom is 0.335 e. The third-order valence-electron chi connectivity index (χ3n) is 4.66. The number of hydrogen-bond acceptors (Lipinski definition) is 3. The summed E-state index contributed by atoms with van der Waals surface area (Å²) in [5.74, 6) is -0.265. The molecule has 0 saturated carbocycles. The highest BCUT2D eigenvalue weighted by molar-refractivity contribution is 6.12. The summed E-state index contributed by atoms with van der Waals surface area (Å²) in [6.07, 6.45) is 0. The molecular weight excluding hydrogens is 340 g/mol. The summed E-state index contributed by atoms with van der Waals surface area (Å²) in [6.45, 7) is 0. The SMILES string of the molecule is COc1ccc2cc(C(=O)c3ccc4cc(C(=O)O)ccc4c3)ccc2c1. The summed E-state index contributed by atoms with van der Waals surface area (Å²) in [7, 11) is 1.62. The maximum atomic E-state index is 12.9. The zero-order chi connectivity index (χ0) is 19.0. The number of rotatable bonds is 4. The van der Waals surface area contributed by atoms with Gasteiger partial charge in [-0.2, -0.15) is 0 Å². The second kappa shape index (κ2) is 6.57. The maximum absolute atomic E-state index is 12.9. The minimum atomic E-state index is -0.968. The Morgan fingerprint density at radius 2 is 1.11 bits per heavy atom. The number of benzene rings is 4. The van der Waals surface area contributed by atoms with Gasteiger partial charge in [0.05, 0.1) is 12.7 Å². The van der Waals surface area contributed by atoms with E-state index in [0.29, 0.717) is 11.1 Å². The highest BCUT2D eigenvalue weighted by atomic mass is 16.5. The van der Waals surface area contributed by atoms with Gasteiger partial charge in [0.25, 0.3) is 0 Å². The molecule has 0 aliphatic carbocycles. The second-order valence-corrected chi connectivity index (χ2v) is 6.34. The normalized spacial score (nSPS) is 10.9. The van der Waals surface area contributed by atoms with E-state index < -0.39 is 5.97 Å². The summed E-state index contributed by atoms with van der Waals surface area (Å²) in [5.41, 5.74) is 1.40. The Hall–Kier alpha value is -3.66. The lowest BCUT2D eigenvalue weighted by atomic mass is 9.97. The molecule has 132 valence electrons. The van der Waals surface area contributed by atoms with E-state index >= 15 is 0 Å². The minimum Gasteiger partial charge on any atom is -0.497 e. The molecule has 4 heteroatoms. The van der Waals surface area contributed by atoms with Crippen molar-refractivity contribution < 1.29 is 19.4 Å². The molecule has 0 radical (unpaired) electrons. The van der Waals surface area contributed by atoms with Gasteiger partial charge in [0.1, 0.15) is 5.75 Å². The van der Waals surface area contributed by atoms with Crippen LogP contribution >= 0.6 is 0 Å². The fraction of sp³-hybridized carbons (Fsp3) is 0.0435. The number of methoxy groups -OCH3 is 1. The number of fused-ring (bicyclic) bond motifs is 2. The Balaban J connectivity index is 1.72. The molecule has 0 saturated heterocycles. The highest BCUT2D eigenvalue weighted by Crippen LogP contribution is 2.24. The van der Waals surface area contributed by atoms with Crippen LogP contribution in [0, 0.1) is 0 Å². The zero-order valence-electron chi connectivity index (χ0n) is 14.6. The van der Waals surface area contributed by atoms with Crippen molar-refractivity contribution in [3.8, 4) is 5.75 Å². The Labute approximate surface area is 155 Å². The molecule has 27 heavy (non-hydrogen) atoms. The Morgan fingerprint density at radius 1 is 0.667 bits per heavy atom. The summed E-state index contributed by atoms with van der Waals surface area (Å²) in [4.78, 5) is 24.0. The van der Waals surface area contributed by atoms with Crippen LogP contribution in [-0.4, -0.2) is 24.0 Å². The predicted octanol–water partition coefficient (Wildman–Crippen LogP) is 4.93. The van der Waals surface area contributed by atoms with Crippen LogP contribution < -0.4 is 4.74 Å². The number of ketones is 1. The third kappa shape index (κ3) is 3.13. The number of hydrogen-bond donors (Lipinski definition) is 1. The Bertz CT molecular complexity index is 1210. The highest BCUT2D eigenvalue weighted by Gasteiger charge is 2.12. The molecule has 0 aromatic heterocycles. The second-order valence-electron chi connectivity index (χ2n) is 6.34. The molecule has 4 nitrogen and oxygen atoms in total. The molecule has 0 atom stereocenters. The molecule has 4 aromatic rings. The van der Waals surface area contributed by atoms with Crippen LogP contribution in [0.3, 0.4) is 0 Å². The third-order valence-corrected chi connectivity index (χ3v) is 4.66. The van der Waals surface area contributed by atoms with Gasteiger partial charge in [0, 0.05) is 11.1 Å². The molecule has 0 spiro atoms. The number of carboxylic acid groups (broad SMARTS) is 1. The smallest absolute Gasteiger partial charge is 0.335 e. The van der Waals surface area contributed by atoms with Gasteiger partial charge < -0.3 is 9.84 Å². The molecule has 0 bridgehead atoms. The first kappa shape index (κ1) is 16.8. The van der Waals surface area contributed by atoms with E-state index in [2.05, 4.69) is 0 Å². The topological polar surface area (TPSA) is 63.6 Å². The van der Waals surface area contributed by atoms with Crippen LogP contribution in [-0.2, 0) is 0 Å². The molecule has 0 aliphatic rings. The monoisotopic (exact) mass is 356 g/mol. The van der Waals surface area contributed by atoms with Crippen LogP contribution in [0.4, 0.5) is 0 Å². The van der Waals surface area contributed by atoms with E-state index in [1.807, 2.05) is 36.4 Å². The van der Waals surface area contributed by atoms with Crippen LogP contribution in [0.15, 0.2) is 72.8 Å². The summed E-state index contributed by atoms with van der Waals surface area (Å²) in [6, 6.07) is 21.5. The van der Waals surface area contributed by atoms with Crippen LogP contribution in [0.2, 0.25) is 0 Å². The first-order valence-electron chi connectivity index (χ1n) is 8.45.